The number of hydrogen-bond acceptors (Lipinski definition) is 21. The van der Waals surface area contributed by atoms with Crippen molar-refractivity contribution in [2.75, 3.05) is 278 Å². The molecule has 0 bridgehead atoms. The minimum Gasteiger partial charge on any atom is -0.385 e. The average Bonchev–Trinajstić information content (AvgIpc) is 3.60. The number of carbonyl (C=O) groups is 1. The summed E-state index contributed by atoms with van der Waals surface area (Å²) in [5, 5.41) is 0. The normalized spacial score (nSPS) is 12.1. The van der Waals surface area contributed by atoms with Crippen LogP contribution in [0.5, 0.6) is 0 Å². The van der Waals surface area contributed by atoms with Gasteiger partial charge >= 0.3 is 0 Å². The van der Waals surface area contributed by atoms with Gasteiger partial charge in [0.1, 0.15) is 0 Å². The SMILES string of the molecule is CCC(C)C(=O)N(CC)CCCOCCCOCCCOCCCOCCCOCCCOCCCOCCCOCCCOCCCOCCCOCCCOCCCOCCCOCCCOCCCOCCCOCCCOCCCOCCCOC. The predicted molar refractivity (Wildman–Crippen MR) is 351 cm³/mol. The fourth-order valence-corrected chi connectivity index (χ4v) is 8.25. The van der Waals surface area contributed by atoms with Crippen molar-refractivity contribution in [2.24, 2.45) is 5.92 Å². The van der Waals surface area contributed by atoms with Gasteiger partial charge in [0.2, 0.25) is 5.91 Å². The highest BCUT2D eigenvalue weighted by atomic mass is 16.5. The van der Waals surface area contributed by atoms with E-state index in [0.29, 0.717) is 225 Å². The zero-order valence-corrected chi connectivity index (χ0v) is 57.9. The summed E-state index contributed by atoms with van der Waals surface area (Å²) < 4.78 is 113. The van der Waals surface area contributed by atoms with Crippen LogP contribution in [0.4, 0.5) is 0 Å². The molecule has 0 aromatic rings. The van der Waals surface area contributed by atoms with Crippen LogP contribution in [0.25, 0.3) is 0 Å². The van der Waals surface area contributed by atoms with Gasteiger partial charge in [-0.25, -0.2) is 0 Å². The molecule has 0 aliphatic carbocycles. The Morgan fingerprint density at radius 1 is 0.233 bits per heavy atom. The Kier molecular flexibility index (Phi) is 80.7. The molecule has 0 aliphatic rings. The maximum Gasteiger partial charge on any atom is 0.225 e. The molecule has 90 heavy (non-hydrogen) atoms. The lowest BCUT2D eigenvalue weighted by Gasteiger charge is -2.23. The van der Waals surface area contributed by atoms with Crippen molar-refractivity contribution in [1.29, 1.82) is 0 Å². The van der Waals surface area contributed by atoms with E-state index in [9.17, 15) is 4.79 Å². The molecule has 0 heterocycles. The number of hydrogen-bond donors (Lipinski definition) is 0. The Labute approximate surface area is 547 Å². The van der Waals surface area contributed by atoms with Crippen LogP contribution in [-0.4, -0.2) is 289 Å². The van der Waals surface area contributed by atoms with Crippen molar-refractivity contribution in [2.45, 2.75) is 156 Å². The highest BCUT2D eigenvalue weighted by Crippen LogP contribution is 2.08. The van der Waals surface area contributed by atoms with Gasteiger partial charge in [-0.05, 0) is 142 Å². The van der Waals surface area contributed by atoms with Gasteiger partial charge in [0, 0.05) is 284 Å². The van der Waals surface area contributed by atoms with Gasteiger partial charge in [-0.15, -0.1) is 0 Å². The minimum atomic E-state index is 0.0918. The van der Waals surface area contributed by atoms with Gasteiger partial charge in [-0.2, -0.15) is 0 Å². The molecule has 540 valence electrons. The van der Waals surface area contributed by atoms with Crippen LogP contribution in [0, 0.1) is 5.92 Å². The molecule has 0 aromatic heterocycles. The van der Waals surface area contributed by atoms with E-state index in [4.69, 9.17) is 94.7 Å². The first-order chi connectivity index (χ1) is 44.7. The fraction of sp³-hybridized carbons (Fsp3) is 0.985. The fourth-order valence-electron chi connectivity index (χ4n) is 8.25. The summed E-state index contributed by atoms with van der Waals surface area (Å²) in [4.78, 5) is 14.3. The quantitative estimate of drug-likeness (QED) is 0.0520. The van der Waals surface area contributed by atoms with Gasteiger partial charge in [-0.3, -0.25) is 4.79 Å². The van der Waals surface area contributed by atoms with Crippen molar-refractivity contribution in [1.82, 2.24) is 4.90 Å². The molecule has 1 unspecified atom stereocenters. The van der Waals surface area contributed by atoms with Crippen LogP contribution in [0.15, 0.2) is 0 Å². The molecule has 0 N–H and O–H groups in total. The number of methoxy groups -OCH3 is 1. The van der Waals surface area contributed by atoms with Crippen molar-refractivity contribution in [3.05, 3.63) is 0 Å². The smallest absolute Gasteiger partial charge is 0.225 e. The summed E-state index contributed by atoms with van der Waals surface area (Å²) in [7, 11) is 1.71. The van der Waals surface area contributed by atoms with Crippen molar-refractivity contribution < 1.29 is 99.5 Å². The summed E-state index contributed by atoms with van der Waals surface area (Å²) in [5.41, 5.74) is 0. The summed E-state index contributed by atoms with van der Waals surface area (Å²) in [6.45, 7) is 35.0. The molecule has 0 fully saturated rings. The Hall–Kier alpha value is -1.33. The molecule has 1 atom stereocenters. The Bertz CT molecular complexity index is 1310. The third kappa shape index (κ3) is 75.7. The molecule has 0 spiro atoms. The molecule has 0 radical (unpaired) electrons. The van der Waals surface area contributed by atoms with Crippen molar-refractivity contribution in [3.63, 3.8) is 0 Å². The van der Waals surface area contributed by atoms with Crippen LogP contribution in [0.2, 0.25) is 0 Å². The van der Waals surface area contributed by atoms with Crippen LogP contribution in [-0.2, 0) is 99.5 Å². The van der Waals surface area contributed by atoms with E-state index in [-0.39, 0.29) is 11.8 Å². The van der Waals surface area contributed by atoms with Gasteiger partial charge < -0.3 is 99.6 Å². The zero-order valence-electron chi connectivity index (χ0n) is 57.9. The molecule has 0 saturated heterocycles. The molecule has 22 nitrogen and oxygen atoms in total. The topological polar surface area (TPSA) is 205 Å². The maximum atomic E-state index is 12.3. The highest BCUT2D eigenvalue weighted by Gasteiger charge is 2.17. The lowest BCUT2D eigenvalue weighted by molar-refractivity contribution is -0.135. The monoisotopic (exact) mass is 1300 g/mol. The van der Waals surface area contributed by atoms with E-state index < -0.39 is 0 Å². The van der Waals surface area contributed by atoms with Crippen LogP contribution in [0.1, 0.15) is 156 Å². The Morgan fingerprint density at radius 3 is 0.489 bits per heavy atom. The molecule has 0 rings (SSSR count). The summed E-state index contributed by atoms with van der Waals surface area (Å²) in [6.07, 6.45) is 18.7. The lowest BCUT2D eigenvalue weighted by atomic mass is 10.1. The second-order valence-electron chi connectivity index (χ2n) is 21.9. The highest BCUT2D eigenvalue weighted by molar-refractivity contribution is 5.78. The minimum absolute atomic E-state index is 0.0918. The largest absolute Gasteiger partial charge is 0.385 e. The van der Waals surface area contributed by atoms with Crippen molar-refractivity contribution >= 4 is 5.91 Å². The molecule has 1 amide bonds. The van der Waals surface area contributed by atoms with Gasteiger partial charge in [0.05, 0.1) is 0 Å². The van der Waals surface area contributed by atoms with Crippen LogP contribution >= 0.6 is 0 Å². The summed E-state index contributed by atoms with van der Waals surface area (Å²) >= 11 is 0. The summed E-state index contributed by atoms with van der Waals surface area (Å²) in [5.74, 6) is 0.336. The first-order valence-electron chi connectivity index (χ1n) is 35.4. The molecular formula is C68H137NO21. The maximum absolute atomic E-state index is 12.3. The Morgan fingerprint density at radius 2 is 0.367 bits per heavy atom. The van der Waals surface area contributed by atoms with Crippen molar-refractivity contribution in [3.8, 4) is 0 Å². The van der Waals surface area contributed by atoms with E-state index in [1.807, 2.05) is 18.7 Å². The predicted octanol–water partition coefficient (Wildman–Crippen LogP) is 9.64. The first-order valence-corrected chi connectivity index (χ1v) is 35.4. The van der Waals surface area contributed by atoms with Crippen LogP contribution < -0.4 is 0 Å². The number of rotatable bonds is 83. The van der Waals surface area contributed by atoms with Gasteiger partial charge in [-0.1, -0.05) is 13.8 Å². The molecule has 0 aliphatic heterocycles. The number of carbonyl (C=O) groups excluding carboxylic acids is 1. The van der Waals surface area contributed by atoms with Crippen LogP contribution in [0.3, 0.4) is 0 Å². The number of nitrogens with zero attached hydrogens (tertiary/aromatic N) is 1. The van der Waals surface area contributed by atoms with E-state index >= 15 is 0 Å². The standard InChI is InChI=1S/C68H137NO21/c1-5-67(3)68(70)69(6-2)27-7-29-72-31-9-33-74-35-11-37-76-39-13-41-78-43-15-45-80-47-17-49-82-51-19-53-84-55-21-57-86-59-23-61-88-63-25-65-90-66-26-64-89-62-24-60-87-58-22-56-85-54-20-52-83-50-18-48-81-46-16-44-79-42-14-40-77-38-12-36-75-34-10-32-73-30-8-28-71-4/h67H,5-66H2,1-4H3. The van der Waals surface area contributed by atoms with Gasteiger partial charge in [0.15, 0.2) is 0 Å². The average molecular weight is 1300 g/mol. The second-order valence-corrected chi connectivity index (χ2v) is 21.9. The first kappa shape index (κ1) is 88.7. The molecular weight excluding hydrogens is 1170 g/mol. The van der Waals surface area contributed by atoms with E-state index in [1.165, 1.54) is 0 Å². The number of ether oxygens (including phenoxy) is 20. The third-order valence-electron chi connectivity index (χ3n) is 13.5. The van der Waals surface area contributed by atoms with E-state index in [0.717, 1.165) is 181 Å². The van der Waals surface area contributed by atoms with E-state index in [2.05, 4.69) is 6.92 Å². The number of amides is 1. The Balaban J connectivity index is 3.12. The second kappa shape index (κ2) is 81.9. The molecule has 0 aromatic carbocycles. The zero-order chi connectivity index (χ0) is 64.7. The summed E-state index contributed by atoms with van der Waals surface area (Å²) in [6, 6.07) is 0. The molecule has 22 heteroatoms. The van der Waals surface area contributed by atoms with E-state index in [1.54, 1.807) is 7.11 Å². The van der Waals surface area contributed by atoms with Gasteiger partial charge in [0.25, 0.3) is 0 Å². The molecule has 0 saturated carbocycles. The third-order valence-corrected chi connectivity index (χ3v) is 13.5. The lowest BCUT2D eigenvalue weighted by Crippen LogP contribution is -2.36.